The molecule has 2 N–H and O–H groups in total. The van der Waals surface area contributed by atoms with Crippen LogP contribution in [0, 0.1) is 0 Å². The fraction of sp³-hybridized carbons (Fsp3) is 0.105. The predicted molar refractivity (Wildman–Crippen MR) is 95.0 cm³/mol. The summed E-state index contributed by atoms with van der Waals surface area (Å²) in [5.41, 5.74) is 9.31. The molecule has 0 fully saturated rings. The van der Waals surface area contributed by atoms with Crippen molar-refractivity contribution in [1.29, 1.82) is 0 Å². The minimum absolute atomic E-state index is 0.0709. The van der Waals surface area contributed by atoms with Gasteiger partial charge in [0.25, 0.3) is 0 Å². The van der Waals surface area contributed by atoms with E-state index >= 15 is 0 Å². The van der Waals surface area contributed by atoms with Gasteiger partial charge in [0.15, 0.2) is 0 Å². The summed E-state index contributed by atoms with van der Waals surface area (Å²) in [7, 11) is 1.70. The van der Waals surface area contributed by atoms with Gasteiger partial charge in [-0.1, -0.05) is 49.0 Å². The van der Waals surface area contributed by atoms with Crippen molar-refractivity contribution in [2.24, 2.45) is 10.7 Å². The summed E-state index contributed by atoms with van der Waals surface area (Å²) in [6, 6.07) is 15.1. The first-order chi connectivity index (χ1) is 11.5. The van der Waals surface area contributed by atoms with Crippen LogP contribution >= 0.6 is 0 Å². The third-order valence-corrected chi connectivity index (χ3v) is 4.05. The fourth-order valence-electron chi connectivity index (χ4n) is 2.65. The van der Waals surface area contributed by atoms with E-state index in [4.69, 9.17) is 5.73 Å². The number of aliphatic imine (C=N–C) groups is 1. The third-order valence-electron chi connectivity index (χ3n) is 4.05. The van der Waals surface area contributed by atoms with E-state index in [-0.39, 0.29) is 18.0 Å². The molecule has 0 spiro atoms. The Labute approximate surface area is 140 Å². The van der Waals surface area contributed by atoms with Gasteiger partial charge in [-0.05, 0) is 11.6 Å². The molecule has 1 aliphatic rings. The van der Waals surface area contributed by atoms with Crippen LogP contribution in [0.5, 0.6) is 0 Å². The van der Waals surface area contributed by atoms with Gasteiger partial charge in [-0.2, -0.15) is 0 Å². The van der Waals surface area contributed by atoms with E-state index in [9.17, 15) is 9.59 Å². The SMILES string of the molecule is C=C(C(N)=O)c1ccc2c(c1)N(C)C(=O)CN=C2c1ccccc1. The highest BCUT2D eigenvalue weighted by Gasteiger charge is 2.23. The van der Waals surface area contributed by atoms with Crippen LogP contribution in [0.2, 0.25) is 0 Å². The number of hydrogen-bond acceptors (Lipinski definition) is 3. The summed E-state index contributed by atoms with van der Waals surface area (Å²) in [4.78, 5) is 29.7. The van der Waals surface area contributed by atoms with E-state index in [2.05, 4.69) is 11.6 Å². The Morgan fingerprint density at radius 2 is 1.92 bits per heavy atom. The number of likely N-dealkylation sites (N-methyl/N-ethyl adjacent to an activating group) is 1. The summed E-state index contributed by atoms with van der Waals surface area (Å²) >= 11 is 0. The van der Waals surface area contributed by atoms with Crippen molar-refractivity contribution in [3.63, 3.8) is 0 Å². The Morgan fingerprint density at radius 3 is 2.58 bits per heavy atom. The Bertz CT molecular complexity index is 869. The van der Waals surface area contributed by atoms with Crippen LogP contribution in [-0.2, 0) is 9.59 Å². The summed E-state index contributed by atoms with van der Waals surface area (Å²) in [5, 5.41) is 0. The van der Waals surface area contributed by atoms with Gasteiger partial charge in [0.2, 0.25) is 11.8 Å². The zero-order chi connectivity index (χ0) is 17.3. The molecule has 2 amide bonds. The summed E-state index contributed by atoms with van der Waals surface area (Å²) in [6.07, 6.45) is 0. The number of benzene rings is 2. The normalized spacial score (nSPS) is 13.8. The van der Waals surface area contributed by atoms with Gasteiger partial charge in [-0.25, -0.2) is 0 Å². The number of nitrogens with two attached hydrogens (primary N) is 1. The van der Waals surface area contributed by atoms with Crippen molar-refractivity contribution >= 4 is 28.8 Å². The van der Waals surface area contributed by atoms with Crippen LogP contribution in [0.1, 0.15) is 16.7 Å². The fourth-order valence-corrected chi connectivity index (χ4v) is 2.65. The number of benzodiazepines with no additional fused rings is 1. The van der Waals surface area contributed by atoms with E-state index in [0.717, 1.165) is 16.8 Å². The van der Waals surface area contributed by atoms with E-state index in [1.807, 2.05) is 36.4 Å². The molecule has 5 nitrogen and oxygen atoms in total. The number of nitrogens with zero attached hydrogens (tertiary/aromatic N) is 2. The van der Waals surface area contributed by atoms with Gasteiger partial charge in [0, 0.05) is 23.7 Å². The number of fused-ring (bicyclic) bond motifs is 1. The number of anilines is 1. The zero-order valence-electron chi connectivity index (χ0n) is 13.3. The average Bonchev–Trinajstić information content (AvgIpc) is 2.72. The maximum atomic E-state index is 12.3. The number of carbonyl (C=O) groups is 2. The molecule has 5 heteroatoms. The number of hydrogen-bond donors (Lipinski definition) is 1. The number of carbonyl (C=O) groups excluding carboxylic acids is 2. The second kappa shape index (κ2) is 6.12. The Hall–Kier alpha value is -3.21. The lowest BCUT2D eigenvalue weighted by Gasteiger charge is -2.19. The first-order valence-corrected chi connectivity index (χ1v) is 7.49. The van der Waals surface area contributed by atoms with Gasteiger partial charge >= 0.3 is 0 Å². The molecule has 24 heavy (non-hydrogen) atoms. The lowest BCUT2D eigenvalue weighted by molar-refractivity contribution is -0.117. The zero-order valence-corrected chi connectivity index (χ0v) is 13.3. The molecule has 0 unspecified atom stereocenters. The van der Waals surface area contributed by atoms with E-state index in [1.54, 1.807) is 24.1 Å². The van der Waals surface area contributed by atoms with Crippen LogP contribution in [-0.4, -0.2) is 31.1 Å². The van der Waals surface area contributed by atoms with Gasteiger partial charge < -0.3 is 10.6 Å². The van der Waals surface area contributed by atoms with Gasteiger partial charge in [-0.15, -0.1) is 0 Å². The largest absolute Gasteiger partial charge is 0.366 e. The second-order valence-electron chi connectivity index (χ2n) is 5.56. The van der Waals surface area contributed by atoms with Gasteiger partial charge in [0.05, 0.1) is 11.4 Å². The molecular weight excluding hydrogens is 302 g/mol. The first kappa shape index (κ1) is 15.7. The summed E-state index contributed by atoms with van der Waals surface area (Å²) in [5.74, 6) is -0.710. The van der Waals surface area contributed by atoms with E-state index < -0.39 is 5.91 Å². The molecule has 2 aromatic carbocycles. The van der Waals surface area contributed by atoms with Crippen molar-refractivity contribution < 1.29 is 9.59 Å². The monoisotopic (exact) mass is 319 g/mol. The highest BCUT2D eigenvalue weighted by Crippen LogP contribution is 2.29. The highest BCUT2D eigenvalue weighted by molar-refractivity contribution is 6.21. The first-order valence-electron chi connectivity index (χ1n) is 7.49. The topological polar surface area (TPSA) is 75.8 Å². The average molecular weight is 319 g/mol. The van der Waals surface area contributed by atoms with Gasteiger partial charge in [-0.3, -0.25) is 14.6 Å². The van der Waals surface area contributed by atoms with Gasteiger partial charge in [0.1, 0.15) is 6.54 Å². The van der Waals surface area contributed by atoms with E-state index in [0.29, 0.717) is 11.3 Å². The number of primary amides is 1. The minimum Gasteiger partial charge on any atom is -0.366 e. The van der Waals surface area contributed by atoms with Crippen molar-refractivity contribution in [3.8, 4) is 0 Å². The lowest BCUT2D eigenvalue weighted by Crippen LogP contribution is -2.28. The Morgan fingerprint density at radius 1 is 1.21 bits per heavy atom. The molecule has 3 rings (SSSR count). The van der Waals surface area contributed by atoms with Crippen LogP contribution < -0.4 is 10.6 Å². The number of amides is 2. The summed E-state index contributed by atoms with van der Waals surface area (Å²) < 4.78 is 0. The van der Waals surface area contributed by atoms with Crippen molar-refractivity contribution in [2.45, 2.75) is 0 Å². The standard InChI is InChI=1S/C19H17N3O2/c1-12(19(20)24)14-8-9-15-16(10-14)22(2)17(23)11-21-18(15)13-6-4-3-5-7-13/h3-10H,1,11H2,2H3,(H2,20,24). The molecular formula is C19H17N3O2. The second-order valence-corrected chi connectivity index (χ2v) is 5.56. The molecule has 0 atom stereocenters. The van der Waals surface area contributed by atoms with Crippen LogP contribution in [0.4, 0.5) is 5.69 Å². The molecule has 1 heterocycles. The Kier molecular flexibility index (Phi) is 4.00. The molecule has 2 aromatic rings. The van der Waals surface area contributed by atoms with Crippen molar-refractivity contribution in [2.75, 3.05) is 18.5 Å². The van der Waals surface area contributed by atoms with Crippen LogP contribution in [0.25, 0.3) is 5.57 Å². The van der Waals surface area contributed by atoms with Crippen LogP contribution in [0.15, 0.2) is 60.1 Å². The molecule has 120 valence electrons. The Balaban J connectivity index is 2.18. The quantitative estimate of drug-likeness (QED) is 0.879. The smallest absolute Gasteiger partial charge is 0.248 e. The molecule has 0 saturated carbocycles. The predicted octanol–water partition coefficient (Wildman–Crippen LogP) is 2.00. The van der Waals surface area contributed by atoms with E-state index in [1.165, 1.54) is 0 Å². The van der Waals surface area contributed by atoms with Crippen LogP contribution in [0.3, 0.4) is 0 Å². The lowest BCUT2D eigenvalue weighted by atomic mass is 9.96. The molecule has 0 saturated heterocycles. The minimum atomic E-state index is -0.588. The molecule has 0 bridgehead atoms. The maximum absolute atomic E-state index is 12.3. The third kappa shape index (κ3) is 2.72. The molecule has 0 radical (unpaired) electrons. The molecule has 0 aromatic heterocycles. The highest BCUT2D eigenvalue weighted by atomic mass is 16.2. The number of rotatable bonds is 3. The molecule has 0 aliphatic carbocycles. The maximum Gasteiger partial charge on any atom is 0.248 e. The molecule has 1 aliphatic heterocycles. The van der Waals surface area contributed by atoms with Crippen molar-refractivity contribution in [1.82, 2.24) is 0 Å². The summed E-state index contributed by atoms with van der Waals surface area (Å²) in [6.45, 7) is 3.78. The van der Waals surface area contributed by atoms with Crippen molar-refractivity contribution in [3.05, 3.63) is 71.8 Å².